The summed E-state index contributed by atoms with van der Waals surface area (Å²) < 4.78 is 22.6. The number of likely N-dealkylation sites (tertiary alicyclic amines) is 1. The van der Waals surface area contributed by atoms with Crippen molar-refractivity contribution in [1.82, 2.24) is 4.90 Å². The third-order valence-electron chi connectivity index (χ3n) is 3.52. The lowest BCUT2D eigenvalue weighted by atomic mass is 10.2. The molecule has 1 amide bonds. The molecular weight excluding hydrogens is 306 g/mol. The zero-order valence-electron chi connectivity index (χ0n) is 10.8. The normalized spacial score (nSPS) is 32.5. The molecule has 0 aromatic heterocycles. The molecule has 0 saturated carbocycles. The van der Waals surface area contributed by atoms with Crippen LogP contribution >= 0.6 is 11.8 Å². The summed E-state index contributed by atoms with van der Waals surface area (Å²) in [6.07, 6.45) is -0.230. The molecule has 0 bridgehead atoms. The van der Waals surface area contributed by atoms with Crippen LogP contribution in [0.3, 0.4) is 0 Å². The van der Waals surface area contributed by atoms with Gasteiger partial charge in [0.05, 0.1) is 23.4 Å². The Balaban J connectivity index is 1.87. The predicted molar refractivity (Wildman–Crippen MR) is 73.3 cm³/mol. The molecule has 9 heteroatoms. The largest absolute Gasteiger partial charge is 0.480 e. The van der Waals surface area contributed by atoms with E-state index in [1.165, 1.54) is 16.7 Å². The summed E-state index contributed by atoms with van der Waals surface area (Å²) in [6.45, 7) is 0.0271. The van der Waals surface area contributed by atoms with Gasteiger partial charge in [-0.15, -0.1) is 11.8 Å². The Kier molecular flexibility index (Phi) is 4.60. The molecule has 2 fully saturated rings. The molecule has 2 N–H and O–H groups in total. The average molecular weight is 323 g/mol. The molecule has 0 aromatic rings. The van der Waals surface area contributed by atoms with Crippen LogP contribution in [0.4, 0.5) is 0 Å². The molecule has 0 aromatic carbocycles. The first kappa shape index (κ1) is 15.6. The lowest BCUT2D eigenvalue weighted by Crippen LogP contribution is -2.41. The molecule has 7 nitrogen and oxygen atoms in total. The van der Waals surface area contributed by atoms with E-state index in [2.05, 4.69) is 0 Å². The molecule has 2 rings (SSSR count). The van der Waals surface area contributed by atoms with Crippen molar-refractivity contribution in [2.75, 3.05) is 23.8 Å². The highest BCUT2D eigenvalue weighted by atomic mass is 32.2. The minimum Gasteiger partial charge on any atom is -0.480 e. The second-order valence-electron chi connectivity index (χ2n) is 5.13. The number of thioether (sulfide) groups is 1. The molecule has 2 heterocycles. The van der Waals surface area contributed by atoms with E-state index >= 15 is 0 Å². The highest BCUT2D eigenvalue weighted by Crippen LogP contribution is 2.26. The van der Waals surface area contributed by atoms with Crippen molar-refractivity contribution in [3.8, 4) is 0 Å². The topological polar surface area (TPSA) is 112 Å². The minimum absolute atomic E-state index is 0.0271. The number of carbonyl (C=O) groups is 2. The average Bonchev–Trinajstić information content (AvgIpc) is 2.89. The van der Waals surface area contributed by atoms with Crippen molar-refractivity contribution < 1.29 is 28.2 Å². The van der Waals surface area contributed by atoms with Gasteiger partial charge < -0.3 is 15.1 Å². The minimum atomic E-state index is -2.98. The summed E-state index contributed by atoms with van der Waals surface area (Å²) >= 11 is 1.25. The Labute approximate surface area is 121 Å². The van der Waals surface area contributed by atoms with Crippen LogP contribution in [0.15, 0.2) is 0 Å². The number of aliphatic hydroxyl groups is 1. The number of β-amino-alcohol motifs (C(OH)–C–C–N with tert-alkyl or cyclic N) is 1. The Morgan fingerprint density at radius 2 is 2.05 bits per heavy atom. The molecule has 20 heavy (non-hydrogen) atoms. The fourth-order valence-electron chi connectivity index (χ4n) is 2.49. The quantitative estimate of drug-likeness (QED) is 0.679. The smallest absolute Gasteiger partial charge is 0.326 e. The molecule has 2 aliphatic rings. The van der Waals surface area contributed by atoms with Gasteiger partial charge in [0.25, 0.3) is 0 Å². The number of nitrogens with zero attached hydrogens (tertiary/aromatic N) is 1. The van der Waals surface area contributed by atoms with Gasteiger partial charge >= 0.3 is 5.97 Å². The van der Waals surface area contributed by atoms with E-state index in [1.807, 2.05) is 0 Å². The van der Waals surface area contributed by atoms with Gasteiger partial charge in [0.15, 0.2) is 9.84 Å². The van der Waals surface area contributed by atoms with Crippen LogP contribution in [-0.4, -0.2) is 76.6 Å². The van der Waals surface area contributed by atoms with Crippen LogP contribution in [0, 0.1) is 0 Å². The second-order valence-corrected chi connectivity index (χ2v) is 8.64. The lowest BCUT2D eigenvalue weighted by Gasteiger charge is -2.21. The van der Waals surface area contributed by atoms with E-state index < -0.39 is 28.0 Å². The first-order chi connectivity index (χ1) is 9.28. The zero-order valence-corrected chi connectivity index (χ0v) is 12.4. The number of carbonyl (C=O) groups excluding carboxylic acids is 1. The van der Waals surface area contributed by atoms with Crippen molar-refractivity contribution in [3.63, 3.8) is 0 Å². The van der Waals surface area contributed by atoms with Crippen molar-refractivity contribution in [3.05, 3.63) is 0 Å². The maximum atomic E-state index is 12.0. The SMILES string of the molecule is O=C(O)[C@@H]1CC(O)CN1C(=O)CSC1CCS(=O)(=O)C1. The van der Waals surface area contributed by atoms with Crippen LogP contribution in [0.1, 0.15) is 12.8 Å². The summed E-state index contributed by atoms with van der Waals surface area (Å²) in [7, 11) is -2.98. The monoisotopic (exact) mass is 323 g/mol. The molecule has 114 valence electrons. The predicted octanol–water partition coefficient (Wildman–Crippen LogP) is -1.05. The van der Waals surface area contributed by atoms with Gasteiger partial charge in [-0.05, 0) is 6.42 Å². The molecule has 2 saturated heterocycles. The number of amides is 1. The Morgan fingerprint density at radius 3 is 2.60 bits per heavy atom. The summed E-state index contributed by atoms with van der Waals surface area (Å²) in [5.41, 5.74) is 0. The Hall–Kier alpha value is -0.800. The molecule has 0 spiro atoms. The molecule has 2 aliphatic heterocycles. The van der Waals surface area contributed by atoms with Crippen LogP contribution in [0.5, 0.6) is 0 Å². The summed E-state index contributed by atoms with van der Waals surface area (Å²) in [4.78, 5) is 24.2. The number of carboxylic acid groups (broad SMARTS) is 1. The van der Waals surface area contributed by atoms with Gasteiger partial charge in [0.2, 0.25) is 5.91 Å². The maximum Gasteiger partial charge on any atom is 0.326 e. The highest BCUT2D eigenvalue weighted by molar-refractivity contribution is 8.02. The first-order valence-corrected chi connectivity index (χ1v) is 9.18. The first-order valence-electron chi connectivity index (χ1n) is 6.31. The fourth-order valence-corrected chi connectivity index (χ4v) is 6.02. The van der Waals surface area contributed by atoms with E-state index in [9.17, 15) is 23.1 Å². The molecular formula is C11H17NO6S2. The Bertz CT molecular complexity index is 505. The zero-order chi connectivity index (χ0) is 14.9. The molecule has 2 unspecified atom stereocenters. The number of hydrogen-bond acceptors (Lipinski definition) is 6. The van der Waals surface area contributed by atoms with E-state index in [1.54, 1.807) is 0 Å². The van der Waals surface area contributed by atoms with E-state index in [0.29, 0.717) is 6.42 Å². The van der Waals surface area contributed by atoms with Crippen LogP contribution < -0.4 is 0 Å². The molecule has 3 atom stereocenters. The van der Waals surface area contributed by atoms with Crippen molar-refractivity contribution >= 4 is 33.5 Å². The van der Waals surface area contributed by atoms with Crippen molar-refractivity contribution in [2.24, 2.45) is 0 Å². The van der Waals surface area contributed by atoms with Gasteiger partial charge in [-0.1, -0.05) is 0 Å². The highest BCUT2D eigenvalue weighted by Gasteiger charge is 2.39. The van der Waals surface area contributed by atoms with E-state index in [0.717, 1.165) is 0 Å². The van der Waals surface area contributed by atoms with Crippen LogP contribution in [-0.2, 0) is 19.4 Å². The van der Waals surface area contributed by atoms with E-state index in [-0.39, 0.29) is 41.4 Å². The van der Waals surface area contributed by atoms with Crippen LogP contribution in [0.2, 0.25) is 0 Å². The fraction of sp³-hybridized carbons (Fsp3) is 0.818. The van der Waals surface area contributed by atoms with Gasteiger partial charge in [0.1, 0.15) is 6.04 Å². The number of sulfone groups is 1. The van der Waals surface area contributed by atoms with Crippen molar-refractivity contribution in [1.29, 1.82) is 0 Å². The maximum absolute atomic E-state index is 12.0. The van der Waals surface area contributed by atoms with E-state index in [4.69, 9.17) is 5.11 Å². The summed E-state index contributed by atoms with van der Waals surface area (Å²) in [6, 6.07) is -0.981. The van der Waals surface area contributed by atoms with Gasteiger partial charge in [-0.3, -0.25) is 4.79 Å². The standard InChI is InChI=1S/C11H17NO6S2/c13-7-3-9(11(15)16)12(4-7)10(14)5-19-8-1-2-20(17,18)6-8/h7-9,13H,1-6H2,(H,15,16)/t7?,8?,9-/m0/s1. The van der Waals surface area contributed by atoms with Gasteiger partial charge in [-0.25, -0.2) is 13.2 Å². The van der Waals surface area contributed by atoms with Gasteiger partial charge in [-0.2, -0.15) is 0 Å². The third kappa shape index (κ3) is 3.64. The third-order valence-corrected chi connectivity index (χ3v) is 6.78. The second kappa shape index (κ2) is 5.90. The van der Waals surface area contributed by atoms with Crippen LogP contribution in [0.25, 0.3) is 0 Å². The number of hydrogen-bond donors (Lipinski definition) is 2. The number of aliphatic hydroxyl groups excluding tert-OH is 1. The molecule has 0 aliphatic carbocycles. The van der Waals surface area contributed by atoms with Gasteiger partial charge in [0, 0.05) is 18.2 Å². The van der Waals surface area contributed by atoms with Crippen molar-refractivity contribution in [2.45, 2.75) is 30.2 Å². The number of aliphatic carboxylic acids is 1. The lowest BCUT2D eigenvalue weighted by molar-refractivity contribution is -0.147. The summed E-state index contributed by atoms with van der Waals surface area (Å²) in [5.74, 6) is -1.20. The Morgan fingerprint density at radius 1 is 1.35 bits per heavy atom. The number of carboxylic acids is 1. The summed E-state index contributed by atoms with van der Waals surface area (Å²) in [5, 5.41) is 18.4. The number of rotatable bonds is 4. The molecule has 0 radical (unpaired) electrons.